The monoisotopic (exact) mass is 366 g/mol. The average molecular weight is 366 g/mol. The van der Waals surface area contributed by atoms with Gasteiger partial charge in [0.05, 0.1) is 23.1 Å². The number of halogens is 2. The van der Waals surface area contributed by atoms with Gasteiger partial charge in [0.15, 0.2) is 0 Å². The Morgan fingerprint density at radius 1 is 1.30 bits per heavy atom. The fraction of sp³-hybridized carbons (Fsp3) is 0.211. The molecule has 8 heteroatoms. The van der Waals surface area contributed by atoms with Gasteiger partial charge >= 0.3 is 6.61 Å². The van der Waals surface area contributed by atoms with Gasteiger partial charge in [-0.2, -0.15) is 14.0 Å². The molecule has 2 atom stereocenters. The number of benzene rings is 2. The molecule has 134 valence electrons. The van der Waals surface area contributed by atoms with Crippen molar-refractivity contribution in [2.24, 2.45) is 0 Å². The average Bonchev–Trinajstić information content (AvgIpc) is 3.14. The number of nitrogens with zero attached hydrogens (tertiary/aromatic N) is 3. The molecule has 0 radical (unpaired) electrons. The van der Waals surface area contributed by atoms with E-state index >= 15 is 0 Å². The molecule has 5 rings (SSSR count). The number of ether oxygens (including phenoxy) is 1. The SMILES string of the molecule is N#Cc1c(OC(F)F)ccc2c1[C@H]1C[C@@H](NC2=O)c2nc3ccccc3n21. The largest absolute Gasteiger partial charge is 0.433 e. The number of carbonyl (C=O) groups is 1. The van der Waals surface area contributed by atoms with Crippen LogP contribution in [0.5, 0.6) is 5.75 Å². The van der Waals surface area contributed by atoms with Crippen LogP contribution in [0.1, 0.15) is 45.8 Å². The molecule has 2 aromatic carbocycles. The Bertz CT molecular complexity index is 1150. The number of para-hydroxylation sites is 2. The predicted octanol–water partition coefficient (Wildman–Crippen LogP) is 3.29. The lowest BCUT2D eigenvalue weighted by molar-refractivity contribution is -0.0501. The fourth-order valence-corrected chi connectivity index (χ4v) is 4.13. The third kappa shape index (κ3) is 2.15. The molecule has 0 unspecified atom stereocenters. The van der Waals surface area contributed by atoms with Crippen LogP contribution >= 0.6 is 0 Å². The molecular formula is C19H12F2N4O2. The smallest absolute Gasteiger partial charge is 0.387 e. The van der Waals surface area contributed by atoms with Gasteiger partial charge in [-0.05, 0) is 30.7 Å². The van der Waals surface area contributed by atoms with Crippen LogP contribution in [-0.4, -0.2) is 22.1 Å². The number of aromatic nitrogens is 2. The van der Waals surface area contributed by atoms with E-state index in [0.717, 1.165) is 11.0 Å². The van der Waals surface area contributed by atoms with Gasteiger partial charge in [-0.25, -0.2) is 4.98 Å². The first kappa shape index (κ1) is 15.8. The zero-order valence-electron chi connectivity index (χ0n) is 13.8. The standard InChI is InChI=1S/C19H12F2N4O2/c20-19(21)27-15-6-5-9-16(10(15)8-22)14-7-12(24-18(9)26)17-23-11-3-1-2-4-13(11)25(14)17/h1-6,12,14,19H,7H2,(H,24,26)/t12-,14-/m1/s1. The Labute approximate surface area is 152 Å². The van der Waals surface area contributed by atoms with Crippen molar-refractivity contribution in [1.82, 2.24) is 14.9 Å². The summed E-state index contributed by atoms with van der Waals surface area (Å²) in [6.07, 6.45) is 0.499. The quantitative estimate of drug-likeness (QED) is 0.755. The van der Waals surface area contributed by atoms with Gasteiger partial charge in [-0.15, -0.1) is 0 Å². The lowest BCUT2D eigenvalue weighted by Crippen LogP contribution is -2.28. The first-order valence-electron chi connectivity index (χ1n) is 8.38. The maximum Gasteiger partial charge on any atom is 0.387 e. The van der Waals surface area contributed by atoms with E-state index in [1.807, 2.05) is 34.9 Å². The van der Waals surface area contributed by atoms with E-state index in [-0.39, 0.29) is 29.3 Å². The van der Waals surface area contributed by atoms with Gasteiger partial charge in [0, 0.05) is 11.1 Å². The number of fused-ring (bicyclic) bond motifs is 9. The highest BCUT2D eigenvalue weighted by atomic mass is 19.3. The molecule has 1 aromatic heterocycles. The number of imidazole rings is 1. The minimum absolute atomic E-state index is 0.0424. The minimum Gasteiger partial charge on any atom is -0.433 e. The minimum atomic E-state index is -3.06. The molecule has 0 spiro atoms. The Balaban J connectivity index is 1.81. The fourth-order valence-electron chi connectivity index (χ4n) is 4.13. The molecule has 3 heterocycles. The second-order valence-electron chi connectivity index (χ2n) is 6.50. The first-order valence-corrected chi connectivity index (χ1v) is 8.38. The van der Waals surface area contributed by atoms with Crippen molar-refractivity contribution < 1.29 is 18.3 Å². The van der Waals surface area contributed by atoms with E-state index in [1.165, 1.54) is 12.1 Å². The van der Waals surface area contributed by atoms with Crippen LogP contribution in [0.15, 0.2) is 36.4 Å². The Morgan fingerprint density at radius 3 is 2.89 bits per heavy atom. The van der Waals surface area contributed by atoms with Crippen molar-refractivity contribution in [1.29, 1.82) is 5.26 Å². The molecule has 1 N–H and O–H groups in total. The first-order chi connectivity index (χ1) is 13.1. The van der Waals surface area contributed by atoms with Crippen molar-refractivity contribution in [2.45, 2.75) is 25.1 Å². The number of hydrogen-bond donors (Lipinski definition) is 1. The van der Waals surface area contributed by atoms with Crippen LogP contribution in [0, 0.1) is 11.3 Å². The van der Waals surface area contributed by atoms with E-state index < -0.39 is 6.61 Å². The zero-order valence-corrected chi connectivity index (χ0v) is 13.8. The maximum absolute atomic E-state index is 12.8. The number of hydrogen-bond acceptors (Lipinski definition) is 4. The van der Waals surface area contributed by atoms with Gasteiger partial charge in [-0.3, -0.25) is 4.79 Å². The summed E-state index contributed by atoms with van der Waals surface area (Å²) >= 11 is 0. The van der Waals surface area contributed by atoms with Crippen LogP contribution in [-0.2, 0) is 0 Å². The van der Waals surface area contributed by atoms with Crippen LogP contribution in [0.25, 0.3) is 11.0 Å². The summed E-state index contributed by atoms with van der Waals surface area (Å²) in [6, 6.07) is 11.5. The highest BCUT2D eigenvalue weighted by Gasteiger charge is 2.42. The van der Waals surface area contributed by atoms with Crippen molar-refractivity contribution in [3.63, 3.8) is 0 Å². The van der Waals surface area contributed by atoms with E-state index in [4.69, 9.17) is 0 Å². The number of alkyl halides is 2. The molecule has 2 aliphatic rings. The number of nitrogens with one attached hydrogen (secondary N) is 1. The molecule has 2 aliphatic heterocycles. The van der Waals surface area contributed by atoms with Crippen molar-refractivity contribution in [2.75, 3.05) is 0 Å². The maximum atomic E-state index is 12.8. The molecule has 27 heavy (non-hydrogen) atoms. The Morgan fingerprint density at radius 2 is 2.11 bits per heavy atom. The van der Waals surface area contributed by atoms with Gasteiger partial charge in [0.2, 0.25) is 0 Å². The molecule has 0 saturated carbocycles. The van der Waals surface area contributed by atoms with Gasteiger partial charge in [0.1, 0.15) is 23.2 Å². The molecule has 0 fully saturated rings. The Kier molecular flexibility index (Phi) is 3.22. The lowest BCUT2D eigenvalue weighted by Gasteiger charge is -2.20. The topological polar surface area (TPSA) is 79.9 Å². The molecule has 0 aliphatic carbocycles. The second-order valence-corrected chi connectivity index (χ2v) is 6.50. The normalized spacial score (nSPS) is 20.0. The van der Waals surface area contributed by atoms with E-state index in [1.54, 1.807) is 0 Å². The second kappa shape index (κ2) is 5.51. The number of rotatable bonds is 2. The van der Waals surface area contributed by atoms with Crippen molar-refractivity contribution >= 4 is 16.9 Å². The van der Waals surface area contributed by atoms with Crippen LogP contribution in [0.3, 0.4) is 0 Å². The highest BCUT2D eigenvalue weighted by molar-refractivity contribution is 5.98. The summed E-state index contributed by atoms with van der Waals surface area (Å²) < 4.78 is 32.1. The number of amides is 1. The summed E-state index contributed by atoms with van der Waals surface area (Å²) in [7, 11) is 0. The third-order valence-electron chi connectivity index (χ3n) is 5.12. The van der Waals surface area contributed by atoms with Gasteiger partial charge in [-0.1, -0.05) is 12.1 Å². The molecular weight excluding hydrogens is 354 g/mol. The summed E-state index contributed by atoms with van der Waals surface area (Å²) in [5.74, 6) is 0.121. The van der Waals surface area contributed by atoms with Crippen LogP contribution < -0.4 is 10.1 Å². The van der Waals surface area contributed by atoms with Gasteiger partial charge in [0.25, 0.3) is 5.91 Å². The van der Waals surface area contributed by atoms with E-state index in [2.05, 4.69) is 15.0 Å². The van der Waals surface area contributed by atoms with E-state index in [9.17, 15) is 18.8 Å². The van der Waals surface area contributed by atoms with Crippen LogP contribution in [0.2, 0.25) is 0 Å². The van der Waals surface area contributed by atoms with Crippen molar-refractivity contribution in [3.8, 4) is 11.8 Å². The predicted molar refractivity (Wildman–Crippen MR) is 90.5 cm³/mol. The number of carbonyl (C=O) groups excluding carboxylic acids is 1. The zero-order chi connectivity index (χ0) is 18.7. The Hall–Kier alpha value is -3.47. The summed E-state index contributed by atoms with van der Waals surface area (Å²) in [5.41, 5.74) is 2.30. The molecule has 2 bridgehead atoms. The van der Waals surface area contributed by atoms with E-state index in [0.29, 0.717) is 23.4 Å². The number of nitriles is 1. The molecule has 0 saturated heterocycles. The van der Waals surface area contributed by atoms with Crippen molar-refractivity contribution in [3.05, 3.63) is 58.9 Å². The van der Waals surface area contributed by atoms with Gasteiger partial charge < -0.3 is 14.6 Å². The molecule has 1 amide bonds. The summed E-state index contributed by atoms with van der Waals surface area (Å²) in [4.78, 5) is 17.3. The highest BCUT2D eigenvalue weighted by Crippen LogP contribution is 2.46. The lowest BCUT2D eigenvalue weighted by atomic mass is 9.93. The third-order valence-corrected chi connectivity index (χ3v) is 5.12. The molecule has 6 nitrogen and oxygen atoms in total. The van der Waals surface area contributed by atoms with Crippen LogP contribution in [0.4, 0.5) is 8.78 Å². The summed E-state index contributed by atoms with van der Waals surface area (Å²) in [5, 5.41) is 12.6. The molecule has 3 aromatic rings. The summed E-state index contributed by atoms with van der Waals surface area (Å²) in [6.45, 7) is -3.06.